The van der Waals surface area contributed by atoms with Gasteiger partial charge in [-0.25, -0.2) is 0 Å². The van der Waals surface area contributed by atoms with E-state index in [9.17, 15) is 14.4 Å². The van der Waals surface area contributed by atoms with Gasteiger partial charge in [0.1, 0.15) is 13.2 Å². The molecule has 0 spiro atoms. The molecule has 0 saturated heterocycles. The number of rotatable bonds is 49. The third-order valence-corrected chi connectivity index (χ3v) is 11.6. The highest BCUT2D eigenvalue weighted by Crippen LogP contribution is 2.14. The van der Waals surface area contributed by atoms with Crippen molar-refractivity contribution in [3.05, 3.63) is 97.2 Å². The molecule has 0 aliphatic heterocycles. The maximum atomic E-state index is 12.8. The molecule has 0 fully saturated rings. The largest absolute Gasteiger partial charge is 0.462 e. The van der Waals surface area contributed by atoms with Crippen molar-refractivity contribution in [2.75, 3.05) is 13.2 Å². The molecule has 0 aliphatic carbocycles. The number of allylic oxidation sites excluding steroid dienone is 16. The summed E-state index contributed by atoms with van der Waals surface area (Å²) in [6.07, 6.45) is 72.6. The van der Waals surface area contributed by atoms with Crippen LogP contribution in [-0.4, -0.2) is 37.2 Å². The van der Waals surface area contributed by atoms with Crippen molar-refractivity contribution >= 4 is 17.9 Å². The lowest BCUT2D eigenvalue weighted by Gasteiger charge is -2.18. The first-order valence-electron chi connectivity index (χ1n) is 27.7. The normalized spacial score (nSPS) is 12.8. The molecule has 1 atom stereocenters. The molecule has 0 aromatic rings. The van der Waals surface area contributed by atoms with Gasteiger partial charge >= 0.3 is 17.9 Å². The van der Waals surface area contributed by atoms with Gasteiger partial charge in [0.05, 0.1) is 0 Å². The van der Waals surface area contributed by atoms with E-state index in [-0.39, 0.29) is 31.1 Å². The van der Waals surface area contributed by atoms with Crippen LogP contribution in [0.2, 0.25) is 0 Å². The van der Waals surface area contributed by atoms with E-state index < -0.39 is 6.10 Å². The Hall–Kier alpha value is -3.67. The van der Waals surface area contributed by atoms with Crippen LogP contribution >= 0.6 is 0 Å². The number of ether oxygens (including phenoxy) is 3. The van der Waals surface area contributed by atoms with Gasteiger partial charge in [-0.3, -0.25) is 14.4 Å². The summed E-state index contributed by atoms with van der Waals surface area (Å²) in [5.74, 6) is -0.917. The number of esters is 3. The Balaban J connectivity index is 4.28. The highest BCUT2D eigenvalue weighted by Gasteiger charge is 2.19. The number of carbonyl (C=O) groups is 3. The Labute approximate surface area is 413 Å². The Morgan fingerprint density at radius 3 is 0.940 bits per heavy atom. The smallest absolute Gasteiger partial charge is 0.306 e. The van der Waals surface area contributed by atoms with E-state index in [0.717, 1.165) is 122 Å². The van der Waals surface area contributed by atoms with Crippen LogP contribution in [0.15, 0.2) is 97.2 Å². The molecule has 0 aliphatic rings. The van der Waals surface area contributed by atoms with E-state index in [1.54, 1.807) is 0 Å². The molecule has 0 amide bonds. The lowest BCUT2D eigenvalue weighted by molar-refractivity contribution is -0.167. The van der Waals surface area contributed by atoms with E-state index in [1.165, 1.54) is 89.9 Å². The highest BCUT2D eigenvalue weighted by atomic mass is 16.6. The van der Waals surface area contributed by atoms with Crippen molar-refractivity contribution in [3.63, 3.8) is 0 Å². The fraction of sp³-hybridized carbons (Fsp3) is 0.689. The van der Waals surface area contributed by atoms with E-state index in [1.807, 2.05) is 0 Å². The van der Waals surface area contributed by atoms with Crippen LogP contribution in [0, 0.1) is 0 Å². The minimum absolute atomic E-state index is 0.0866. The number of hydrogen-bond acceptors (Lipinski definition) is 6. The summed E-state index contributed by atoms with van der Waals surface area (Å²) in [7, 11) is 0. The Kier molecular flexibility index (Phi) is 51.9. The summed E-state index contributed by atoms with van der Waals surface area (Å²) in [5.41, 5.74) is 0. The Morgan fingerprint density at radius 2 is 0.582 bits per heavy atom. The summed E-state index contributed by atoms with van der Waals surface area (Å²) >= 11 is 0. The zero-order valence-corrected chi connectivity index (χ0v) is 43.6. The van der Waals surface area contributed by atoms with Gasteiger partial charge in [-0.2, -0.15) is 0 Å². The van der Waals surface area contributed by atoms with E-state index in [0.29, 0.717) is 19.3 Å². The van der Waals surface area contributed by atoms with Crippen molar-refractivity contribution < 1.29 is 28.6 Å². The van der Waals surface area contributed by atoms with Crippen molar-refractivity contribution in [1.29, 1.82) is 0 Å². The van der Waals surface area contributed by atoms with Gasteiger partial charge in [-0.05, 0) is 103 Å². The maximum absolute atomic E-state index is 12.8. The van der Waals surface area contributed by atoms with Crippen LogP contribution in [0.3, 0.4) is 0 Å². The lowest BCUT2D eigenvalue weighted by Crippen LogP contribution is -2.30. The van der Waals surface area contributed by atoms with Crippen LogP contribution in [0.1, 0.15) is 252 Å². The van der Waals surface area contributed by atoms with Gasteiger partial charge in [-0.1, -0.05) is 227 Å². The van der Waals surface area contributed by atoms with Gasteiger partial charge in [0, 0.05) is 19.3 Å². The van der Waals surface area contributed by atoms with Gasteiger partial charge in [0.15, 0.2) is 6.10 Å². The first-order valence-corrected chi connectivity index (χ1v) is 27.7. The molecular weight excluding hydrogens is 829 g/mol. The molecular formula is C61H102O6. The monoisotopic (exact) mass is 931 g/mol. The molecule has 1 unspecified atom stereocenters. The highest BCUT2D eigenvalue weighted by molar-refractivity contribution is 5.71. The van der Waals surface area contributed by atoms with Gasteiger partial charge < -0.3 is 14.2 Å². The zero-order chi connectivity index (χ0) is 48.6. The van der Waals surface area contributed by atoms with Crippen molar-refractivity contribution in [3.8, 4) is 0 Å². The molecule has 0 rings (SSSR count). The predicted molar refractivity (Wildman–Crippen MR) is 288 cm³/mol. The molecule has 0 N–H and O–H groups in total. The SMILES string of the molecule is CC/C=C\C/C=C\C/C=C\C/C=C\C/C=C\CCCCCCCCCC(=O)OCC(COC(=O)CCCCCCCCC)OC(=O)CCCCCCCC/C=C\C/C=C\C/C=C\CCCCC. The first-order chi connectivity index (χ1) is 33.0. The van der Waals surface area contributed by atoms with Crippen molar-refractivity contribution in [2.45, 2.75) is 258 Å². The Morgan fingerprint density at radius 1 is 0.313 bits per heavy atom. The molecule has 0 radical (unpaired) electrons. The quantitative estimate of drug-likeness (QED) is 0.0262. The molecule has 6 nitrogen and oxygen atoms in total. The van der Waals surface area contributed by atoms with Gasteiger partial charge in [-0.15, -0.1) is 0 Å². The van der Waals surface area contributed by atoms with Crippen molar-refractivity contribution in [2.24, 2.45) is 0 Å². The van der Waals surface area contributed by atoms with E-state index >= 15 is 0 Å². The third kappa shape index (κ3) is 53.2. The zero-order valence-electron chi connectivity index (χ0n) is 43.6. The first kappa shape index (κ1) is 63.3. The second-order valence-corrected chi connectivity index (χ2v) is 18.1. The second-order valence-electron chi connectivity index (χ2n) is 18.1. The van der Waals surface area contributed by atoms with Crippen LogP contribution in [0.5, 0.6) is 0 Å². The minimum Gasteiger partial charge on any atom is -0.462 e. The molecule has 6 heteroatoms. The average molecular weight is 931 g/mol. The lowest BCUT2D eigenvalue weighted by atomic mass is 10.1. The topological polar surface area (TPSA) is 78.9 Å². The average Bonchev–Trinajstić information content (AvgIpc) is 3.33. The number of unbranched alkanes of at least 4 members (excludes halogenated alkanes) is 22. The Bertz CT molecular complexity index is 1350. The van der Waals surface area contributed by atoms with Crippen LogP contribution in [0.4, 0.5) is 0 Å². The molecule has 0 saturated carbocycles. The summed E-state index contributed by atoms with van der Waals surface area (Å²) in [6.45, 7) is 6.43. The molecule has 67 heavy (non-hydrogen) atoms. The summed E-state index contributed by atoms with van der Waals surface area (Å²) in [5, 5.41) is 0. The minimum atomic E-state index is -0.787. The summed E-state index contributed by atoms with van der Waals surface area (Å²) < 4.78 is 16.8. The summed E-state index contributed by atoms with van der Waals surface area (Å²) in [6, 6.07) is 0. The van der Waals surface area contributed by atoms with Crippen LogP contribution in [0.25, 0.3) is 0 Å². The summed E-state index contributed by atoms with van der Waals surface area (Å²) in [4.78, 5) is 37.9. The van der Waals surface area contributed by atoms with E-state index in [2.05, 4.69) is 118 Å². The molecule has 0 bridgehead atoms. The maximum Gasteiger partial charge on any atom is 0.306 e. The van der Waals surface area contributed by atoms with Crippen molar-refractivity contribution in [1.82, 2.24) is 0 Å². The van der Waals surface area contributed by atoms with E-state index in [4.69, 9.17) is 14.2 Å². The van der Waals surface area contributed by atoms with Gasteiger partial charge in [0.25, 0.3) is 0 Å². The number of carbonyl (C=O) groups excluding carboxylic acids is 3. The fourth-order valence-electron chi connectivity index (χ4n) is 7.42. The van der Waals surface area contributed by atoms with Crippen LogP contribution in [-0.2, 0) is 28.6 Å². The third-order valence-electron chi connectivity index (χ3n) is 11.6. The predicted octanol–water partition coefficient (Wildman–Crippen LogP) is 18.5. The molecule has 0 aromatic heterocycles. The molecule has 382 valence electrons. The number of hydrogen-bond donors (Lipinski definition) is 0. The standard InChI is InChI=1S/C61H102O6/c1-4-7-10-13-16-18-20-22-24-26-28-29-30-31-33-34-36-38-40-42-45-48-51-54-60(63)66-57-58(56-65-59(62)53-50-47-44-15-12-9-6-3)67-61(64)55-52-49-46-43-41-39-37-35-32-27-25-23-21-19-17-14-11-8-5-2/h7,10,16-19,22-25,28-29,31-33,35,58H,4-6,8-9,11-15,20-21,26-27,30,34,36-57H2,1-3H3/b10-7-,18-16-,19-17-,24-22-,25-23-,29-28-,33-31-,35-32-. The molecule has 0 aromatic carbocycles. The molecule has 0 heterocycles. The second kappa shape index (κ2) is 54.9. The van der Waals surface area contributed by atoms with Gasteiger partial charge in [0.2, 0.25) is 0 Å². The fourth-order valence-corrected chi connectivity index (χ4v) is 7.42. The van der Waals surface area contributed by atoms with Crippen LogP contribution < -0.4 is 0 Å².